The Labute approximate surface area is 181 Å². The Morgan fingerprint density at radius 2 is 2.03 bits per heavy atom. The van der Waals surface area contributed by atoms with Gasteiger partial charge < -0.3 is 14.4 Å². The number of rotatable bonds is 7. The topological polar surface area (TPSA) is 42.0 Å². The van der Waals surface area contributed by atoms with E-state index < -0.39 is 0 Å². The minimum Gasteiger partial charge on any atom is -0.493 e. The van der Waals surface area contributed by atoms with Crippen LogP contribution in [0, 0.1) is 0 Å². The minimum absolute atomic E-state index is 0.0112. The summed E-state index contributed by atoms with van der Waals surface area (Å²) in [7, 11) is 1.58. The molecule has 0 aliphatic carbocycles. The van der Waals surface area contributed by atoms with Crippen LogP contribution < -0.4 is 9.47 Å². The number of benzene rings is 1. The molecule has 3 rings (SSSR count). The van der Waals surface area contributed by atoms with Crippen molar-refractivity contribution in [3.63, 3.8) is 0 Å². The molecule has 2 aromatic rings. The Bertz CT molecular complexity index is 844. The summed E-state index contributed by atoms with van der Waals surface area (Å²) in [5, 5.41) is 2.56. The van der Waals surface area contributed by atoms with Crippen molar-refractivity contribution in [2.75, 3.05) is 33.3 Å². The maximum absolute atomic E-state index is 12.6. The van der Waals surface area contributed by atoms with E-state index in [0.29, 0.717) is 16.5 Å². The van der Waals surface area contributed by atoms with Gasteiger partial charge in [0.25, 0.3) is 0 Å². The van der Waals surface area contributed by atoms with Crippen LogP contribution in [0.1, 0.15) is 24.3 Å². The van der Waals surface area contributed by atoms with Crippen LogP contribution in [-0.2, 0) is 11.3 Å². The quantitative estimate of drug-likeness (QED) is 0.599. The van der Waals surface area contributed by atoms with Crippen molar-refractivity contribution in [2.24, 2.45) is 0 Å². The van der Waals surface area contributed by atoms with Gasteiger partial charge in [-0.15, -0.1) is 11.3 Å². The Hall–Kier alpha value is -2.02. The molecule has 1 aliphatic heterocycles. The lowest BCUT2D eigenvalue weighted by Gasteiger charge is -2.34. The number of nitrogens with zero attached hydrogens (tertiary/aromatic N) is 2. The Balaban J connectivity index is 1.58. The lowest BCUT2D eigenvalue weighted by Crippen LogP contribution is -2.47. The summed E-state index contributed by atoms with van der Waals surface area (Å²) in [6, 6.07) is 7.84. The van der Waals surface area contributed by atoms with Crippen LogP contribution in [0.5, 0.6) is 11.5 Å². The lowest BCUT2D eigenvalue weighted by molar-refractivity contribution is -0.127. The summed E-state index contributed by atoms with van der Waals surface area (Å²) in [4.78, 5) is 18.2. The normalized spacial score (nSPS) is 15.3. The van der Waals surface area contributed by atoms with Crippen LogP contribution in [0.3, 0.4) is 0 Å². The molecule has 1 amide bonds. The second kappa shape index (κ2) is 10.1. The highest BCUT2D eigenvalue weighted by Crippen LogP contribution is 2.37. The van der Waals surface area contributed by atoms with Crippen molar-refractivity contribution in [2.45, 2.75) is 26.5 Å². The summed E-state index contributed by atoms with van der Waals surface area (Å²) in [5.41, 5.74) is 0.799. The minimum atomic E-state index is -0.0112. The van der Waals surface area contributed by atoms with Gasteiger partial charge in [0.05, 0.1) is 18.2 Å². The lowest BCUT2D eigenvalue weighted by atomic mass is 10.1. The van der Waals surface area contributed by atoms with Crippen molar-refractivity contribution in [1.82, 2.24) is 9.80 Å². The zero-order chi connectivity index (χ0) is 20.8. The molecular formula is C22H27ClN2O3S. The molecule has 0 bridgehead atoms. The van der Waals surface area contributed by atoms with Gasteiger partial charge in [-0.2, -0.15) is 0 Å². The van der Waals surface area contributed by atoms with Gasteiger partial charge >= 0.3 is 0 Å². The first-order valence-corrected chi connectivity index (χ1v) is 11.0. The predicted molar refractivity (Wildman–Crippen MR) is 119 cm³/mol. The van der Waals surface area contributed by atoms with E-state index in [1.165, 1.54) is 4.88 Å². The van der Waals surface area contributed by atoms with Crippen molar-refractivity contribution < 1.29 is 14.3 Å². The van der Waals surface area contributed by atoms with Gasteiger partial charge in [-0.25, -0.2) is 0 Å². The number of thiophene rings is 1. The van der Waals surface area contributed by atoms with E-state index >= 15 is 0 Å². The molecule has 5 nitrogen and oxygen atoms in total. The fourth-order valence-electron chi connectivity index (χ4n) is 3.21. The summed E-state index contributed by atoms with van der Waals surface area (Å²) in [5.74, 6) is 1.09. The van der Waals surface area contributed by atoms with Gasteiger partial charge in [-0.1, -0.05) is 17.7 Å². The zero-order valence-electron chi connectivity index (χ0n) is 17.1. The zero-order valence-corrected chi connectivity index (χ0v) is 18.6. The first-order valence-electron chi connectivity index (χ1n) is 9.72. The number of carbonyl (C=O) groups is 1. The molecule has 7 heteroatoms. The molecule has 1 saturated heterocycles. The third kappa shape index (κ3) is 5.98. The smallest absolute Gasteiger partial charge is 0.246 e. The molecule has 0 unspecified atom stereocenters. The standard InChI is InChI=1S/C22H27ClN2O3S/c1-16(2)28-22-19(23)13-17(14-20(22)27-3)6-7-21(26)25-10-8-24(9-11-25)15-18-5-4-12-29-18/h4-7,12-14,16H,8-11,15H2,1-3H3/b7-6+. The maximum atomic E-state index is 12.6. The third-order valence-electron chi connectivity index (χ3n) is 4.67. The molecule has 0 N–H and O–H groups in total. The average molecular weight is 435 g/mol. The number of piperazine rings is 1. The van der Waals surface area contributed by atoms with Gasteiger partial charge in [0.2, 0.25) is 5.91 Å². The fraction of sp³-hybridized carbons (Fsp3) is 0.409. The fourth-order valence-corrected chi connectivity index (χ4v) is 4.22. The highest BCUT2D eigenvalue weighted by molar-refractivity contribution is 7.09. The molecule has 0 spiro atoms. The van der Waals surface area contributed by atoms with Gasteiger partial charge in [0, 0.05) is 43.7 Å². The van der Waals surface area contributed by atoms with E-state index in [1.54, 1.807) is 36.7 Å². The van der Waals surface area contributed by atoms with Crippen LogP contribution in [0.4, 0.5) is 0 Å². The molecular weight excluding hydrogens is 408 g/mol. The Morgan fingerprint density at radius 3 is 2.66 bits per heavy atom. The summed E-state index contributed by atoms with van der Waals surface area (Å²) < 4.78 is 11.1. The monoisotopic (exact) mass is 434 g/mol. The van der Waals surface area contributed by atoms with E-state index in [0.717, 1.165) is 38.3 Å². The van der Waals surface area contributed by atoms with Gasteiger partial charge in [-0.05, 0) is 49.1 Å². The van der Waals surface area contributed by atoms with Crippen molar-refractivity contribution in [3.05, 3.63) is 51.2 Å². The molecule has 156 valence electrons. The van der Waals surface area contributed by atoms with Gasteiger partial charge in [0.15, 0.2) is 11.5 Å². The second-order valence-corrected chi connectivity index (χ2v) is 8.65. The summed E-state index contributed by atoms with van der Waals surface area (Å²) in [6.45, 7) is 8.07. The largest absolute Gasteiger partial charge is 0.493 e. The number of methoxy groups -OCH3 is 1. The van der Waals surface area contributed by atoms with Crippen LogP contribution in [0.25, 0.3) is 6.08 Å². The molecule has 1 aromatic carbocycles. The first kappa shape index (κ1) is 21.7. The number of ether oxygens (including phenoxy) is 2. The maximum Gasteiger partial charge on any atom is 0.246 e. The average Bonchev–Trinajstić information content (AvgIpc) is 3.21. The van der Waals surface area contributed by atoms with E-state index in [-0.39, 0.29) is 12.0 Å². The molecule has 2 heterocycles. The molecule has 1 aliphatic rings. The molecule has 0 radical (unpaired) electrons. The number of hydrogen-bond acceptors (Lipinski definition) is 5. The van der Waals surface area contributed by atoms with Crippen molar-refractivity contribution in [3.8, 4) is 11.5 Å². The highest BCUT2D eigenvalue weighted by Gasteiger charge is 2.20. The van der Waals surface area contributed by atoms with E-state index in [9.17, 15) is 4.79 Å². The van der Waals surface area contributed by atoms with Crippen molar-refractivity contribution >= 4 is 34.9 Å². The Morgan fingerprint density at radius 1 is 1.28 bits per heavy atom. The molecule has 0 atom stereocenters. The molecule has 1 aromatic heterocycles. The van der Waals surface area contributed by atoms with Crippen LogP contribution in [0.15, 0.2) is 35.7 Å². The SMILES string of the molecule is COc1cc(/C=C/C(=O)N2CCN(Cc3cccs3)CC2)cc(Cl)c1OC(C)C. The first-order chi connectivity index (χ1) is 14.0. The molecule has 1 fully saturated rings. The van der Waals surface area contributed by atoms with Crippen LogP contribution >= 0.6 is 22.9 Å². The summed E-state index contributed by atoms with van der Waals surface area (Å²) in [6.07, 6.45) is 3.36. The van der Waals surface area contributed by atoms with E-state index in [2.05, 4.69) is 22.4 Å². The molecule has 29 heavy (non-hydrogen) atoms. The predicted octanol–water partition coefficient (Wildman–Crippen LogP) is 4.55. The number of carbonyl (C=O) groups excluding carboxylic acids is 1. The summed E-state index contributed by atoms with van der Waals surface area (Å²) >= 11 is 8.13. The highest BCUT2D eigenvalue weighted by atomic mass is 35.5. The Kier molecular flexibility index (Phi) is 7.58. The van der Waals surface area contributed by atoms with Gasteiger partial charge in [-0.3, -0.25) is 9.69 Å². The van der Waals surface area contributed by atoms with E-state index in [1.807, 2.05) is 24.8 Å². The third-order valence-corrected chi connectivity index (χ3v) is 5.81. The second-order valence-electron chi connectivity index (χ2n) is 7.21. The van der Waals surface area contributed by atoms with Crippen LogP contribution in [0.2, 0.25) is 5.02 Å². The number of amides is 1. The molecule has 0 saturated carbocycles. The number of halogens is 1. The van der Waals surface area contributed by atoms with Crippen molar-refractivity contribution in [1.29, 1.82) is 0 Å². The van der Waals surface area contributed by atoms with E-state index in [4.69, 9.17) is 21.1 Å². The number of hydrogen-bond donors (Lipinski definition) is 0. The van der Waals surface area contributed by atoms with Gasteiger partial charge in [0.1, 0.15) is 0 Å². The van der Waals surface area contributed by atoms with Crippen LogP contribution in [-0.4, -0.2) is 55.1 Å².